The molecule has 2 fully saturated rings. The van der Waals surface area contributed by atoms with Gasteiger partial charge < -0.3 is 23.8 Å². The fraction of sp³-hybridized carbons (Fsp3) is 0.455. The first-order valence-corrected chi connectivity index (χ1v) is 10.2. The molecular weight excluding hydrogens is 448 g/mol. The van der Waals surface area contributed by atoms with Crippen LogP contribution in [0, 0.1) is 5.82 Å². The molecule has 11 heteroatoms. The third kappa shape index (κ3) is 4.47. The third-order valence-electron chi connectivity index (χ3n) is 5.85. The van der Waals surface area contributed by atoms with Crippen molar-refractivity contribution in [2.24, 2.45) is 0 Å². The van der Waals surface area contributed by atoms with Gasteiger partial charge in [0.05, 0.1) is 13.7 Å². The number of fused-ring (bicyclic) bond motifs is 1. The average molecular weight is 470 g/mol. The minimum Gasteiger partial charge on any atom is -0.478 e. The quantitative estimate of drug-likeness (QED) is 0.622. The number of pyridine rings is 1. The summed E-state index contributed by atoms with van der Waals surface area (Å²) in [5.74, 6) is -1.31. The number of hydrogen-bond acceptors (Lipinski definition) is 6. The number of piperidine rings is 1. The molecule has 2 saturated heterocycles. The normalized spacial score (nSPS) is 23.7. The number of benzene rings is 1. The van der Waals surface area contributed by atoms with E-state index in [2.05, 4.69) is 4.98 Å². The Morgan fingerprint density at radius 2 is 2.09 bits per heavy atom. The average Bonchev–Trinajstić information content (AvgIpc) is 3.22. The smallest absolute Gasteiger partial charge is 0.425 e. The number of halogens is 4. The number of methoxy groups -OCH3 is 1. The standard InChI is InChI=1S/C22H22F4N2O5/c1-13(22(24,25)26)33-17-7-6-16(27-19(17)30-2)20(29)28-9-8-21(18(11-28)31-12-32-21)14-4-3-5-15(23)10-14/h3-7,10,13,18H,8-9,11-12H2,1-2H3/t13?,18?,21-/m1/s1. The van der Waals surface area contributed by atoms with E-state index in [0.29, 0.717) is 12.0 Å². The van der Waals surface area contributed by atoms with Crippen LogP contribution >= 0.6 is 0 Å². The molecule has 3 heterocycles. The fourth-order valence-electron chi connectivity index (χ4n) is 4.03. The summed E-state index contributed by atoms with van der Waals surface area (Å²) >= 11 is 0. The van der Waals surface area contributed by atoms with Crippen LogP contribution in [0.1, 0.15) is 29.4 Å². The predicted molar refractivity (Wildman–Crippen MR) is 106 cm³/mol. The van der Waals surface area contributed by atoms with Crippen LogP contribution in [0.2, 0.25) is 0 Å². The van der Waals surface area contributed by atoms with E-state index in [-0.39, 0.29) is 37.2 Å². The second-order valence-electron chi connectivity index (χ2n) is 7.82. The molecule has 2 aliphatic rings. The molecule has 0 N–H and O–H groups in total. The molecule has 33 heavy (non-hydrogen) atoms. The topological polar surface area (TPSA) is 70.1 Å². The number of carbonyl (C=O) groups is 1. The summed E-state index contributed by atoms with van der Waals surface area (Å²) in [6.45, 7) is 1.32. The first kappa shape index (κ1) is 23.2. The van der Waals surface area contributed by atoms with Gasteiger partial charge in [0.1, 0.15) is 30.0 Å². The highest BCUT2D eigenvalue weighted by molar-refractivity contribution is 5.92. The van der Waals surface area contributed by atoms with E-state index in [4.69, 9.17) is 18.9 Å². The lowest BCUT2D eigenvalue weighted by Crippen LogP contribution is -2.53. The van der Waals surface area contributed by atoms with Gasteiger partial charge >= 0.3 is 6.18 Å². The SMILES string of the molecule is COc1nc(C(=O)N2CC[C@]3(c4cccc(F)c4)OCOC3C2)ccc1OC(C)C(F)(F)F. The number of rotatable bonds is 5. The summed E-state index contributed by atoms with van der Waals surface area (Å²) in [5, 5.41) is 0. The zero-order valence-electron chi connectivity index (χ0n) is 17.9. The van der Waals surface area contributed by atoms with E-state index >= 15 is 0 Å². The Bertz CT molecular complexity index is 1030. The summed E-state index contributed by atoms with van der Waals surface area (Å²) in [6.07, 6.45) is -6.79. The van der Waals surface area contributed by atoms with Gasteiger partial charge in [0.2, 0.25) is 0 Å². The summed E-state index contributed by atoms with van der Waals surface area (Å²) < 4.78 is 73.7. The van der Waals surface area contributed by atoms with Crippen LogP contribution in [0.25, 0.3) is 0 Å². The molecule has 2 aliphatic heterocycles. The lowest BCUT2D eigenvalue weighted by Gasteiger charge is -2.41. The Balaban J connectivity index is 1.51. The second kappa shape index (κ2) is 8.79. The van der Waals surface area contributed by atoms with E-state index in [0.717, 1.165) is 6.92 Å². The summed E-state index contributed by atoms with van der Waals surface area (Å²) in [6, 6.07) is 8.59. The van der Waals surface area contributed by atoms with Gasteiger partial charge in [-0.15, -0.1) is 0 Å². The number of carbonyl (C=O) groups excluding carboxylic acids is 1. The van der Waals surface area contributed by atoms with Crippen LogP contribution in [-0.4, -0.2) is 61.2 Å². The Morgan fingerprint density at radius 1 is 1.30 bits per heavy atom. The van der Waals surface area contributed by atoms with Gasteiger partial charge in [0, 0.05) is 13.0 Å². The van der Waals surface area contributed by atoms with E-state index in [9.17, 15) is 22.4 Å². The molecule has 0 spiro atoms. The van der Waals surface area contributed by atoms with Crippen molar-refractivity contribution in [1.29, 1.82) is 0 Å². The molecule has 2 aromatic rings. The maximum atomic E-state index is 13.8. The largest absolute Gasteiger partial charge is 0.478 e. The molecule has 178 valence electrons. The Kier molecular flexibility index (Phi) is 6.19. The fourth-order valence-corrected chi connectivity index (χ4v) is 4.03. The lowest BCUT2D eigenvalue weighted by atomic mass is 9.82. The monoisotopic (exact) mass is 470 g/mol. The van der Waals surface area contributed by atoms with Crippen molar-refractivity contribution in [1.82, 2.24) is 9.88 Å². The Morgan fingerprint density at radius 3 is 2.79 bits per heavy atom. The van der Waals surface area contributed by atoms with Crippen LogP contribution < -0.4 is 9.47 Å². The number of alkyl halides is 3. The highest BCUT2D eigenvalue weighted by Crippen LogP contribution is 2.43. The van der Waals surface area contributed by atoms with E-state index in [1.54, 1.807) is 12.1 Å². The lowest BCUT2D eigenvalue weighted by molar-refractivity contribution is -0.189. The predicted octanol–water partition coefficient (Wildman–Crippen LogP) is 3.67. The minimum atomic E-state index is -4.56. The maximum Gasteiger partial charge on any atom is 0.425 e. The summed E-state index contributed by atoms with van der Waals surface area (Å²) in [4.78, 5) is 18.6. The first-order valence-electron chi connectivity index (χ1n) is 10.2. The maximum absolute atomic E-state index is 13.8. The van der Waals surface area contributed by atoms with Crippen LogP contribution in [-0.2, 0) is 15.1 Å². The van der Waals surface area contributed by atoms with Crippen molar-refractivity contribution in [3.05, 3.63) is 53.5 Å². The third-order valence-corrected chi connectivity index (χ3v) is 5.85. The van der Waals surface area contributed by atoms with Crippen molar-refractivity contribution in [3.8, 4) is 11.6 Å². The van der Waals surface area contributed by atoms with Crippen LogP contribution in [0.3, 0.4) is 0 Å². The molecule has 1 amide bonds. The van der Waals surface area contributed by atoms with Gasteiger partial charge in [0.25, 0.3) is 11.8 Å². The molecule has 0 radical (unpaired) electrons. The van der Waals surface area contributed by atoms with Gasteiger partial charge in [-0.2, -0.15) is 13.2 Å². The number of aromatic nitrogens is 1. The number of hydrogen-bond donors (Lipinski definition) is 0. The van der Waals surface area contributed by atoms with Crippen molar-refractivity contribution in [3.63, 3.8) is 0 Å². The molecule has 2 unspecified atom stereocenters. The highest BCUT2D eigenvalue weighted by atomic mass is 19.4. The van der Waals surface area contributed by atoms with Crippen molar-refractivity contribution in [2.75, 3.05) is 27.0 Å². The molecule has 7 nitrogen and oxygen atoms in total. The van der Waals surface area contributed by atoms with Crippen molar-refractivity contribution < 1.29 is 41.3 Å². The highest BCUT2D eigenvalue weighted by Gasteiger charge is 2.51. The van der Waals surface area contributed by atoms with Gasteiger partial charge in [-0.05, 0) is 36.8 Å². The van der Waals surface area contributed by atoms with Crippen molar-refractivity contribution >= 4 is 5.91 Å². The summed E-state index contributed by atoms with van der Waals surface area (Å²) in [7, 11) is 1.22. The summed E-state index contributed by atoms with van der Waals surface area (Å²) in [5.41, 5.74) is -0.247. The zero-order valence-corrected chi connectivity index (χ0v) is 17.9. The van der Waals surface area contributed by atoms with Crippen LogP contribution in [0.5, 0.6) is 11.6 Å². The van der Waals surface area contributed by atoms with E-state index in [1.165, 1.54) is 36.3 Å². The molecular formula is C22H22F4N2O5. The van der Waals surface area contributed by atoms with Gasteiger partial charge in [-0.3, -0.25) is 4.79 Å². The zero-order chi connectivity index (χ0) is 23.8. The first-order chi connectivity index (χ1) is 15.6. The minimum absolute atomic E-state index is 0.0126. The van der Waals surface area contributed by atoms with Gasteiger partial charge in [-0.25, -0.2) is 9.37 Å². The molecule has 1 aromatic carbocycles. The van der Waals surface area contributed by atoms with Crippen molar-refractivity contribution in [2.45, 2.75) is 37.3 Å². The molecule has 4 rings (SSSR count). The van der Waals surface area contributed by atoms with Gasteiger partial charge in [0.15, 0.2) is 11.9 Å². The number of likely N-dealkylation sites (tertiary alicyclic amines) is 1. The number of amides is 1. The van der Waals surface area contributed by atoms with E-state index < -0.39 is 35.7 Å². The van der Waals surface area contributed by atoms with Crippen LogP contribution in [0.15, 0.2) is 36.4 Å². The Hall–Kier alpha value is -2.92. The second-order valence-corrected chi connectivity index (χ2v) is 7.82. The number of nitrogens with zero attached hydrogens (tertiary/aromatic N) is 2. The molecule has 1 aromatic heterocycles. The number of ether oxygens (including phenoxy) is 4. The molecule has 3 atom stereocenters. The van der Waals surface area contributed by atoms with E-state index in [1.807, 2.05) is 0 Å². The molecule has 0 saturated carbocycles. The molecule has 0 aliphatic carbocycles. The molecule has 0 bridgehead atoms. The van der Waals surface area contributed by atoms with Gasteiger partial charge in [-0.1, -0.05) is 12.1 Å². The Labute approximate surface area is 187 Å². The van der Waals surface area contributed by atoms with Crippen LogP contribution in [0.4, 0.5) is 17.6 Å².